The van der Waals surface area contributed by atoms with Crippen molar-refractivity contribution in [3.63, 3.8) is 0 Å². The zero-order valence-corrected chi connectivity index (χ0v) is 80.3. The Morgan fingerprint density at radius 2 is 0.486 bits per heavy atom. The van der Waals surface area contributed by atoms with Crippen LogP contribution in [0.5, 0.6) is 0 Å². The predicted molar refractivity (Wildman–Crippen MR) is 515 cm³/mol. The lowest BCUT2D eigenvalue weighted by atomic mass is 9.90. The second-order valence-corrected chi connectivity index (χ2v) is 34.5. The number of aliphatic hydroxyl groups is 4. The number of carboxylic acid groups (broad SMARTS) is 4. The summed E-state index contributed by atoms with van der Waals surface area (Å²) in [5.74, 6) is -15.6. The average molecular weight is 1970 g/mol. The van der Waals surface area contributed by atoms with Crippen LogP contribution >= 0.6 is 0 Å². The Balaban J connectivity index is 0.000000934. The quantitative estimate of drug-likeness (QED) is 0.0240. The molecule has 0 spiro atoms. The number of nitrogens with one attached hydrogen (secondary N) is 9. The Morgan fingerprint density at radius 1 is 0.264 bits per heavy atom. The van der Waals surface area contributed by atoms with Crippen LogP contribution in [0.1, 0.15) is 191 Å². The molecule has 0 fully saturated rings. The molecule has 43 nitrogen and oxygen atoms in total. The van der Waals surface area contributed by atoms with Gasteiger partial charge in [0.15, 0.2) is 0 Å². The number of aliphatic carboxylic acids is 4. The second-order valence-electron chi connectivity index (χ2n) is 34.5. The minimum absolute atomic E-state index is 0.128. The normalized spacial score (nSPS) is 14.0. The first-order chi connectivity index (χ1) is 66.4. The van der Waals surface area contributed by atoms with E-state index in [1.54, 1.807) is 27.7 Å². The molecule has 43 heteroatoms. The Hall–Kier alpha value is -12.9. The molecule has 778 valence electrons. The third kappa shape index (κ3) is 56.8. The number of nitrogens with two attached hydrogens (primary N) is 7. The summed E-state index contributed by atoms with van der Waals surface area (Å²) < 4.78 is 0. The van der Waals surface area contributed by atoms with E-state index >= 15 is 0 Å². The number of ketones is 3. The number of amides is 12. The fraction of sp³-hybridized carbons (Fsp3) is 0.557. The van der Waals surface area contributed by atoms with Gasteiger partial charge in [-0.2, -0.15) is 0 Å². The summed E-state index contributed by atoms with van der Waals surface area (Å²) >= 11 is 0. The van der Waals surface area contributed by atoms with Crippen molar-refractivity contribution in [1.29, 1.82) is 0 Å². The van der Waals surface area contributed by atoms with Gasteiger partial charge < -0.3 is 129 Å². The molecule has 0 aliphatic heterocycles. The van der Waals surface area contributed by atoms with Crippen molar-refractivity contribution >= 4 is 112 Å². The maximum atomic E-state index is 12.8. The summed E-state index contributed by atoms with van der Waals surface area (Å²) in [6.45, 7) is 5.66. The number of aliphatic hydroxyl groups excluding tert-OH is 4. The Morgan fingerprint density at radius 3 is 0.707 bits per heavy atom. The van der Waals surface area contributed by atoms with Gasteiger partial charge in [0, 0.05) is 102 Å². The van der Waals surface area contributed by atoms with Gasteiger partial charge in [-0.05, 0) is 138 Å². The minimum Gasteiger partial charge on any atom is -0.481 e. The predicted octanol–water partition coefficient (Wildman–Crippen LogP) is -0.808. The van der Waals surface area contributed by atoms with Crippen LogP contribution in [-0.4, -0.2) is 260 Å². The second kappa shape index (κ2) is 72.4. The molecule has 0 radical (unpaired) electrons. The van der Waals surface area contributed by atoms with E-state index < -0.39 is 181 Å². The number of primary amides is 3. The van der Waals surface area contributed by atoms with Crippen LogP contribution in [0, 0.1) is 41.4 Å². The molecule has 15 atom stereocenters. The number of Topliss-reactive ketones (excluding diaryl/α,β-unsaturated/α-hetero) is 3. The molecule has 31 N–H and O–H groups in total. The maximum Gasteiger partial charge on any atom is 0.306 e. The van der Waals surface area contributed by atoms with Crippen LogP contribution < -0.4 is 88.0 Å². The van der Waals surface area contributed by atoms with Crippen molar-refractivity contribution in [3.8, 4) is 0 Å². The van der Waals surface area contributed by atoms with Gasteiger partial charge in [0.05, 0.1) is 68.2 Å². The molecule has 12 amide bonds. The molecule has 0 saturated heterocycles. The molecule has 4 aromatic carbocycles. The third-order valence-corrected chi connectivity index (χ3v) is 22.6. The highest BCUT2D eigenvalue weighted by Gasteiger charge is 2.33. The van der Waals surface area contributed by atoms with E-state index in [1.807, 2.05) is 121 Å². The van der Waals surface area contributed by atoms with Crippen LogP contribution in [0.15, 0.2) is 121 Å². The van der Waals surface area contributed by atoms with Gasteiger partial charge in [0.2, 0.25) is 70.9 Å². The van der Waals surface area contributed by atoms with Crippen molar-refractivity contribution in [2.24, 2.45) is 81.6 Å². The Kier molecular flexibility index (Phi) is 64.7. The highest BCUT2D eigenvalue weighted by molar-refractivity contribution is 5.95. The summed E-state index contributed by atoms with van der Waals surface area (Å²) in [4.78, 5) is 226. The molecule has 140 heavy (non-hydrogen) atoms. The standard InChI is InChI=1S/3C25H38N4O7.C22H34N4O6/c3*1-16(25(35)36)10-11-22(32)28-12-6-5-9-19(26)21(31)14-18(13-17-7-3-2-4-8-17)24(34)29-20(15-30)23(27)33;1-15(22(31)32)9-10-19(28)24-11-5-6-12-25-21(30)18(26-20(29)17(23)14-27)13-16-7-3-2-4-8-16/h3*2-4,7-8,16,18-20,30H,5-6,9-15,26H2,1H3,(H2,27,33)(H,28,32)(H,29,34)(H,35,36);2-4,7-8,15,17-18,27H,5-6,9-14,23H2,1H3,(H,24,28)(H,25,30)(H,26,29)(H,31,32). The first-order valence-electron chi connectivity index (χ1n) is 46.9. The smallest absolute Gasteiger partial charge is 0.306 e. The number of hydrogen-bond donors (Lipinski definition) is 24. The van der Waals surface area contributed by atoms with Gasteiger partial charge in [-0.1, -0.05) is 149 Å². The van der Waals surface area contributed by atoms with Gasteiger partial charge in [-0.3, -0.25) is 91.1 Å². The number of unbranched alkanes of at least 4 members (excludes halogenated alkanes) is 4. The molecule has 4 rings (SSSR count). The summed E-state index contributed by atoms with van der Waals surface area (Å²) in [6.07, 6.45) is 8.02. The van der Waals surface area contributed by atoms with Crippen LogP contribution in [0.2, 0.25) is 0 Å². The zero-order chi connectivity index (χ0) is 105. The summed E-state index contributed by atoms with van der Waals surface area (Å²) in [7, 11) is 0. The zero-order valence-electron chi connectivity index (χ0n) is 80.3. The molecular weight excluding hydrogens is 1820 g/mol. The lowest BCUT2D eigenvalue weighted by Crippen LogP contribution is -2.53. The number of benzene rings is 4. The molecule has 0 heterocycles. The topological polar surface area (TPSA) is 777 Å². The fourth-order valence-corrected chi connectivity index (χ4v) is 13.2. The van der Waals surface area contributed by atoms with E-state index in [9.17, 15) is 106 Å². The Labute approximate surface area is 815 Å². The maximum absolute atomic E-state index is 12.8. The van der Waals surface area contributed by atoms with Gasteiger partial charge >= 0.3 is 23.9 Å². The van der Waals surface area contributed by atoms with Gasteiger partial charge in [0.1, 0.15) is 47.6 Å². The largest absolute Gasteiger partial charge is 0.481 e. The van der Waals surface area contributed by atoms with E-state index in [4.69, 9.17) is 65.7 Å². The Bertz CT molecular complexity index is 4150. The van der Waals surface area contributed by atoms with E-state index in [1.165, 1.54) is 0 Å². The number of hydrogen-bond acceptors (Lipinski definition) is 27. The highest BCUT2D eigenvalue weighted by Crippen LogP contribution is 2.21. The molecule has 0 saturated carbocycles. The van der Waals surface area contributed by atoms with Crippen LogP contribution in [-0.2, 0) is 117 Å². The average Bonchev–Trinajstić information content (AvgIpc) is 0.879. The van der Waals surface area contributed by atoms with Gasteiger partial charge in [-0.15, -0.1) is 0 Å². The molecule has 0 aromatic heterocycles. The number of carboxylic acids is 4. The summed E-state index contributed by atoms with van der Waals surface area (Å²) in [5, 5.41) is 95.7. The van der Waals surface area contributed by atoms with Crippen molar-refractivity contribution in [3.05, 3.63) is 144 Å². The van der Waals surface area contributed by atoms with Crippen molar-refractivity contribution < 1.29 is 132 Å². The van der Waals surface area contributed by atoms with Crippen LogP contribution in [0.3, 0.4) is 0 Å². The molecule has 15 unspecified atom stereocenters. The first kappa shape index (κ1) is 125. The lowest BCUT2D eigenvalue weighted by molar-refractivity contribution is -0.142. The third-order valence-electron chi connectivity index (χ3n) is 22.6. The van der Waals surface area contributed by atoms with E-state index in [0.29, 0.717) is 103 Å². The summed E-state index contributed by atoms with van der Waals surface area (Å²) in [5.41, 5.74) is 42.6. The summed E-state index contributed by atoms with van der Waals surface area (Å²) in [6, 6.07) is 28.4. The molecule has 4 aromatic rings. The van der Waals surface area contributed by atoms with Gasteiger partial charge in [0.25, 0.3) is 0 Å². The van der Waals surface area contributed by atoms with Gasteiger partial charge in [-0.25, -0.2) is 0 Å². The minimum atomic E-state index is -1.25. The first-order valence-corrected chi connectivity index (χ1v) is 46.9. The molecule has 0 aliphatic rings. The molecule has 0 aliphatic carbocycles. The van der Waals surface area contributed by atoms with E-state index in [-0.39, 0.29) is 143 Å². The van der Waals surface area contributed by atoms with Crippen molar-refractivity contribution in [2.75, 3.05) is 59.2 Å². The number of rotatable bonds is 69. The monoisotopic (exact) mass is 1970 g/mol. The van der Waals surface area contributed by atoms with Crippen molar-refractivity contribution in [1.82, 2.24) is 47.9 Å². The number of carbonyl (C=O) groups is 19. The molecular formula is C97H148N16O27. The molecule has 0 bridgehead atoms. The SMILES string of the molecule is CC(CCC(=O)NCCCCC(N)C(=O)CC(Cc1ccccc1)C(=O)NC(CO)C(N)=O)C(=O)O.CC(CCC(=O)NCCCCC(N)C(=O)CC(Cc1ccccc1)C(=O)NC(CO)C(N)=O)C(=O)O.CC(CCC(=O)NCCCCC(N)C(=O)CC(Cc1ccccc1)C(=O)NC(CO)C(N)=O)C(=O)O.CC(CCC(=O)NCCCCNC(=O)C(Cc1ccccc1)NC(=O)C(N)CO)C(=O)O. The van der Waals surface area contributed by atoms with E-state index in [0.717, 1.165) is 22.3 Å². The number of carbonyl (C=O) groups excluding carboxylic acids is 15. The van der Waals surface area contributed by atoms with E-state index in [2.05, 4.69) is 47.9 Å². The lowest BCUT2D eigenvalue weighted by Gasteiger charge is -2.21. The van der Waals surface area contributed by atoms with Crippen molar-refractivity contribution in [2.45, 2.75) is 243 Å². The fourth-order valence-electron chi connectivity index (χ4n) is 13.2. The van der Waals surface area contributed by atoms with Crippen LogP contribution in [0.25, 0.3) is 0 Å². The van der Waals surface area contributed by atoms with Crippen LogP contribution in [0.4, 0.5) is 0 Å². The highest BCUT2D eigenvalue weighted by atomic mass is 16.4.